The van der Waals surface area contributed by atoms with E-state index in [1.807, 2.05) is 0 Å². The highest BCUT2D eigenvalue weighted by Gasteiger charge is 2.44. The number of hydrogen-bond acceptors (Lipinski definition) is 2. The van der Waals surface area contributed by atoms with E-state index in [-0.39, 0.29) is 11.0 Å². The molecule has 182 valence electrons. The van der Waals surface area contributed by atoms with Crippen molar-refractivity contribution >= 4 is 0 Å². The van der Waals surface area contributed by atoms with Gasteiger partial charge < -0.3 is 19.9 Å². The maximum absolute atomic E-state index is 2.43. The van der Waals surface area contributed by atoms with Gasteiger partial charge in [0.05, 0.1) is 52.4 Å². The lowest BCUT2D eigenvalue weighted by Gasteiger charge is -2.37. The molecule has 0 aromatic carbocycles. The molecule has 2 aliphatic heterocycles. The van der Waals surface area contributed by atoms with Crippen LogP contribution in [0.3, 0.4) is 0 Å². The topological polar surface area (TPSA) is 60.0 Å². The Bertz CT molecular complexity index is 379. The largest absolute Gasteiger partial charge is 0.870 e. The van der Waals surface area contributed by atoms with Crippen molar-refractivity contribution in [3.8, 4) is 0 Å². The van der Waals surface area contributed by atoms with Crippen LogP contribution >= 0.6 is 0 Å². The molecule has 4 unspecified atom stereocenters. The van der Waals surface area contributed by atoms with E-state index in [0.29, 0.717) is 0 Å². The first kappa shape index (κ1) is 29.8. The maximum atomic E-state index is 2.43. The number of likely N-dealkylation sites (tertiary alicyclic amines) is 2. The van der Waals surface area contributed by atoms with Crippen LogP contribution in [0.2, 0.25) is 0 Å². The molecule has 30 heavy (non-hydrogen) atoms. The lowest BCUT2D eigenvalue weighted by molar-refractivity contribution is -0.925. The van der Waals surface area contributed by atoms with Crippen molar-refractivity contribution in [2.24, 2.45) is 23.7 Å². The van der Waals surface area contributed by atoms with Gasteiger partial charge in [0.15, 0.2) is 0 Å². The average molecular weight is 429 g/mol. The molecule has 4 atom stereocenters. The third-order valence-corrected chi connectivity index (χ3v) is 8.83. The highest BCUT2D eigenvalue weighted by Crippen LogP contribution is 2.36. The summed E-state index contributed by atoms with van der Waals surface area (Å²) in [6.45, 7) is 26.2. The van der Waals surface area contributed by atoms with Crippen molar-refractivity contribution in [3.63, 3.8) is 0 Å². The molecule has 0 amide bonds. The third-order valence-electron chi connectivity index (χ3n) is 8.83. The van der Waals surface area contributed by atoms with Crippen LogP contribution in [0.15, 0.2) is 0 Å². The summed E-state index contributed by atoms with van der Waals surface area (Å²) >= 11 is 0. The Morgan fingerprint density at radius 2 is 0.733 bits per heavy atom. The smallest absolute Gasteiger partial charge is 0.0820 e. The number of rotatable bonds is 13. The maximum Gasteiger partial charge on any atom is 0.0820 e. The summed E-state index contributed by atoms with van der Waals surface area (Å²) in [4.78, 5) is 0. The molecule has 0 aromatic rings. The predicted molar refractivity (Wildman–Crippen MR) is 128 cm³/mol. The van der Waals surface area contributed by atoms with Crippen molar-refractivity contribution in [2.45, 2.75) is 92.9 Å². The van der Waals surface area contributed by atoms with Gasteiger partial charge in [-0.1, -0.05) is 41.5 Å². The molecule has 2 heterocycles. The predicted octanol–water partition coefficient (Wildman–Crippen LogP) is 6.00. The number of unbranched alkanes of at least 4 members (excludes halogenated alkanes) is 1. The van der Waals surface area contributed by atoms with Gasteiger partial charge in [-0.3, -0.25) is 0 Å². The minimum atomic E-state index is 0. The van der Waals surface area contributed by atoms with Crippen molar-refractivity contribution in [2.75, 3.05) is 52.4 Å². The van der Waals surface area contributed by atoms with Gasteiger partial charge in [-0.2, -0.15) is 0 Å². The van der Waals surface area contributed by atoms with E-state index < -0.39 is 0 Å². The van der Waals surface area contributed by atoms with Crippen LogP contribution in [0.5, 0.6) is 0 Å². The van der Waals surface area contributed by atoms with Crippen LogP contribution < -0.4 is 0 Å². The first-order valence-electron chi connectivity index (χ1n) is 13.2. The second-order valence-corrected chi connectivity index (χ2v) is 10.7. The van der Waals surface area contributed by atoms with Gasteiger partial charge in [0.1, 0.15) is 0 Å². The van der Waals surface area contributed by atoms with Crippen LogP contribution in [0.1, 0.15) is 92.9 Å². The first-order valence-corrected chi connectivity index (χ1v) is 13.2. The molecule has 0 aliphatic carbocycles. The molecule has 0 aromatic heterocycles. The Hall–Kier alpha value is -0.160. The van der Waals surface area contributed by atoms with Crippen molar-refractivity contribution in [1.29, 1.82) is 0 Å². The quantitative estimate of drug-likeness (QED) is 0.267. The second kappa shape index (κ2) is 14.1. The summed E-state index contributed by atoms with van der Waals surface area (Å²) in [7, 11) is 0. The van der Waals surface area contributed by atoms with Gasteiger partial charge in [-0.05, 0) is 38.5 Å². The SMILES string of the molecule is CCC[N+]1(CCCC[N+]2(CCC)CC(CC)C(CC)C2)CC(CC)C(CC)C1.[OH-].[OH-]. The number of nitrogens with zero attached hydrogens (tertiary/aromatic N) is 2. The van der Waals surface area contributed by atoms with Crippen molar-refractivity contribution < 1.29 is 19.9 Å². The van der Waals surface area contributed by atoms with Gasteiger partial charge >= 0.3 is 0 Å². The normalized spacial score (nSPS) is 35.8. The van der Waals surface area contributed by atoms with E-state index >= 15 is 0 Å². The zero-order valence-corrected chi connectivity index (χ0v) is 21.4. The number of hydrogen-bond donors (Lipinski definition) is 0. The van der Waals surface area contributed by atoms with E-state index in [0.717, 1.165) is 23.7 Å². The van der Waals surface area contributed by atoms with E-state index in [1.54, 1.807) is 0 Å². The molecular formula is C26H56N2O2. The molecule has 0 radical (unpaired) electrons. The lowest BCUT2D eigenvalue weighted by Crippen LogP contribution is -2.49. The Labute approximate surface area is 189 Å². The molecule has 0 saturated carbocycles. The van der Waals surface area contributed by atoms with E-state index in [1.165, 1.54) is 113 Å². The van der Waals surface area contributed by atoms with Crippen LogP contribution in [-0.2, 0) is 0 Å². The van der Waals surface area contributed by atoms with Gasteiger partial charge in [-0.15, -0.1) is 0 Å². The zero-order valence-electron chi connectivity index (χ0n) is 21.4. The van der Waals surface area contributed by atoms with Crippen LogP contribution in [-0.4, -0.2) is 72.3 Å². The highest BCUT2D eigenvalue weighted by atomic mass is 16.0. The molecule has 2 N–H and O–H groups in total. The summed E-state index contributed by atoms with van der Waals surface area (Å²) in [6, 6.07) is 0. The van der Waals surface area contributed by atoms with Crippen molar-refractivity contribution in [1.82, 2.24) is 0 Å². The Kier molecular flexibility index (Phi) is 14.0. The minimum absolute atomic E-state index is 0. The lowest BCUT2D eigenvalue weighted by atomic mass is 9.92. The van der Waals surface area contributed by atoms with E-state index in [9.17, 15) is 0 Å². The molecule has 4 heteroatoms. The molecule has 0 spiro atoms. The average Bonchev–Trinajstić information content (AvgIpc) is 3.24. The van der Waals surface area contributed by atoms with Gasteiger partial charge in [0.2, 0.25) is 0 Å². The Morgan fingerprint density at radius 3 is 0.933 bits per heavy atom. The number of quaternary nitrogens is 2. The first-order chi connectivity index (χ1) is 13.5. The molecule has 2 aliphatic rings. The summed E-state index contributed by atoms with van der Waals surface area (Å²) < 4.78 is 2.91. The summed E-state index contributed by atoms with van der Waals surface area (Å²) in [5, 5.41) is 0. The molecular weight excluding hydrogens is 372 g/mol. The van der Waals surface area contributed by atoms with Gasteiger partial charge in [0.25, 0.3) is 0 Å². The zero-order chi connectivity index (χ0) is 20.6. The standard InChI is InChI=1S/C26H54N2.2H2O/c1-7-15-27(19-23(9-3)24(10-4)20-27)17-13-14-18-28(16-8-2)21-25(11-5)26(12-6)22-28;;/h23-26H,7-22H2,1-6H3;2*1H2/q+2;;/p-2. The van der Waals surface area contributed by atoms with Crippen molar-refractivity contribution in [3.05, 3.63) is 0 Å². The highest BCUT2D eigenvalue weighted by molar-refractivity contribution is 4.77. The monoisotopic (exact) mass is 428 g/mol. The van der Waals surface area contributed by atoms with Crippen LogP contribution in [0, 0.1) is 23.7 Å². The summed E-state index contributed by atoms with van der Waals surface area (Å²) in [5.41, 5.74) is 0. The molecule has 0 bridgehead atoms. The van der Waals surface area contributed by atoms with Crippen LogP contribution in [0.4, 0.5) is 0 Å². The Morgan fingerprint density at radius 1 is 0.467 bits per heavy atom. The third kappa shape index (κ3) is 7.18. The fourth-order valence-corrected chi connectivity index (χ4v) is 7.38. The molecule has 2 fully saturated rings. The van der Waals surface area contributed by atoms with Crippen LogP contribution in [0.25, 0.3) is 0 Å². The van der Waals surface area contributed by atoms with E-state index in [2.05, 4.69) is 41.5 Å². The Balaban J connectivity index is 0.00000420. The van der Waals surface area contributed by atoms with Gasteiger partial charge in [0, 0.05) is 36.5 Å². The second-order valence-electron chi connectivity index (χ2n) is 10.7. The summed E-state index contributed by atoms with van der Waals surface area (Å²) in [6.07, 6.45) is 11.2. The fourth-order valence-electron chi connectivity index (χ4n) is 7.38. The molecule has 2 saturated heterocycles. The summed E-state index contributed by atoms with van der Waals surface area (Å²) in [5.74, 6) is 3.96. The minimum Gasteiger partial charge on any atom is -0.870 e. The fraction of sp³-hybridized carbons (Fsp3) is 1.00. The molecule has 4 nitrogen and oxygen atoms in total. The molecule has 2 rings (SSSR count). The van der Waals surface area contributed by atoms with E-state index in [4.69, 9.17) is 0 Å². The van der Waals surface area contributed by atoms with Gasteiger partial charge in [-0.25, -0.2) is 0 Å².